The fraction of sp³-hybridized carbons (Fsp3) is 0.165. The predicted molar refractivity (Wildman–Crippen MR) is 552 cm³/mol. The second kappa shape index (κ2) is 27.7. The highest BCUT2D eigenvalue weighted by Crippen LogP contribution is 2.71. The minimum absolute atomic E-state index is 0. The third-order valence-electron chi connectivity index (χ3n) is 29.3. The van der Waals surface area contributed by atoms with Gasteiger partial charge < -0.3 is 10.0 Å². The monoisotopic (exact) mass is 1880 g/mol. The fourth-order valence-electron chi connectivity index (χ4n) is 23.8. The van der Waals surface area contributed by atoms with Gasteiger partial charge in [-0.2, -0.15) is 0 Å². The molecule has 6 aliphatic rings. The largest absolute Gasteiger partial charge is 0.489 e. The lowest BCUT2D eigenvalue weighted by molar-refractivity contribution is 0.426. The number of fused-ring (bicyclic) bond motifs is 36. The summed E-state index contributed by atoms with van der Waals surface area (Å²) in [4.78, 5) is 0. The third kappa shape index (κ3) is 11.0. The van der Waals surface area contributed by atoms with E-state index < -0.39 is 7.12 Å². The molecule has 608 valence electrons. The number of benzene rings is 16. The Labute approximate surface area is 771 Å². The van der Waals surface area contributed by atoms with Gasteiger partial charge >= 0.3 is 7.12 Å². The van der Waals surface area contributed by atoms with Crippen molar-refractivity contribution in [3.8, 4) is 100 Å². The van der Waals surface area contributed by atoms with Crippen LogP contribution in [0, 0.1) is 0 Å². The van der Waals surface area contributed by atoms with E-state index in [1.54, 1.807) is 17.4 Å². The summed E-state index contributed by atoms with van der Waals surface area (Å²) in [6, 6.07) is 104. The van der Waals surface area contributed by atoms with Gasteiger partial charge in [0.1, 0.15) is 0 Å². The lowest BCUT2D eigenvalue weighted by Gasteiger charge is -2.31. The van der Waals surface area contributed by atoms with Gasteiger partial charge in [0.25, 0.3) is 0 Å². The van der Waals surface area contributed by atoms with Crippen molar-refractivity contribution in [3.05, 3.63) is 359 Å². The van der Waals surface area contributed by atoms with Gasteiger partial charge in [-0.3, -0.25) is 0 Å². The van der Waals surface area contributed by atoms with Crippen LogP contribution in [0.2, 0.25) is 0 Å². The molecule has 0 saturated carbocycles. The summed E-state index contributed by atoms with van der Waals surface area (Å²) in [6.07, 6.45) is 0. The molecule has 0 fully saturated rings. The molecule has 125 heavy (non-hydrogen) atoms. The summed E-state index contributed by atoms with van der Waals surface area (Å²) in [5, 5.41) is 28.9. The van der Waals surface area contributed by atoms with Crippen LogP contribution in [0.15, 0.2) is 292 Å². The van der Waals surface area contributed by atoms with E-state index >= 15 is 0 Å². The summed E-state index contributed by atoms with van der Waals surface area (Å²) >= 11 is 18.8. The minimum Gasteiger partial charge on any atom is -0.423 e. The highest BCUT2D eigenvalue weighted by molar-refractivity contribution is 9.11. The molecule has 16 aromatic carbocycles. The van der Waals surface area contributed by atoms with E-state index in [-0.39, 0.29) is 39.9 Å². The highest BCUT2D eigenvalue weighted by atomic mass is 79.9. The van der Waals surface area contributed by atoms with Crippen molar-refractivity contribution in [2.24, 2.45) is 0 Å². The first-order valence-electron chi connectivity index (χ1n) is 43.0. The number of hydrogen-bond donors (Lipinski definition) is 2. The highest BCUT2D eigenvalue weighted by Gasteiger charge is 2.55. The van der Waals surface area contributed by atoms with Crippen molar-refractivity contribution in [3.63, 3.8) is 0 Å². The van der Waals surface area contributed by atoms with E-state index in [1.807, 2.05) is 64.3 Å². The van der Waals surface area contributed by atoms with Crippen LogP contribution in [0.25, 0.3) is 181 Å². The molecule has 0 amide bonds. The van der Waals surface area contributed by atoms with Crippen LogP contribution in [-0.4, -0.2) is 17.2 Å². The minimum atomic E-state index is -1.41. The maximum absolute atomic E-state index is 9.31. The van der Waals surface area contributed by atoms with E-state index in [1.165, 1.54) is 238 Å². The molecular formula is C115H88BBr3O2S4. The average molecular weight is 1880 g/mol. The maximum atomic E-state index is 9.31. The Balaban J connectivity index is 0.000000140. The molecule has 20 aromatic rings. The lowest BCUT2D eigenvalue weighted by Crippen LogP contribution is -2.29. The standard InChI is InChI=1S/C69H48S3.C33H27Br3.C12H9BO2S.CH4/c1-67(2)52-31-28-37(40-19-13-22-46-43-16-7-10-25-55(43)70-64(40)46)34-49(52)58-61(67)59-50-35-38(41-20-14-23-47-44-17-8-11-26-56(44)71-65(41)47)29-32-53(50)68(3,4)63(59)60-51-36-39(30-33-54(51)69(5,6)62(58)60)42-21-15-24-48-45-18-9-12-27-57(45)72-66(42)48;1-31(2)22-10-7-16(34)13-19(22)25-28(31)26-20-14-17(35)8-11-23(20)32(3,4)30(26)27-21-15-18(36)9-12-24(21)33(5,6)29(25)27;14-13(15)10-6-3-5-9-8-4-1-2-7-11(8)16-12(9)10;/h7-36H,1-6H3;7-15H,1-6H3;1-7,14-15H;1H4. The van der Waals surface area contributed by atoms with Gasteiger partial charge in [0, 0.05) is 121 Å². The van der Waals surface area contributed by atoms with Gasteiger partial charge in [0.15, 0.2) is 0 Å². The van der Waals surface area contributed by atoms with E-state index in [9.17, 15) is 10.0 Å². The molecular weight excluding hydrogens is 1790 g/mol. The first-order valence-corrected chi connectivity index (χ1v) is 48.6. The van der Waals surface area contributed by atoms with Crippen LogP contribution in [0.1, 0.15) is 157 Å². The molecule has 4 aromatic heterocycles. The zero-order valence-corrected chi connectivity index (χ0v) is 78.8. The molecule has 0 bridgehead atoms. The van der Waals surface area contributed by atoms with E-state index in [2.05, 4.69) is 374 Å². The zero-order chi connectivity index (χ0) is 84.8. The van der Waals surface area contributed by atoms with Crippen molar-refractivity contribution in [2.45, 2.75) is 123 Å². The van der Waals surface area contributed by atoms with Crippen LogP contribution in [0.4, 0.5) is 0 Å². The van der Waals surface area contributed by atoms with Crippen LogP contribution >= 0.6 is 93.1 Å². The number of halogens is 3. The number of rotatable bonds is 4. The molecule has 0 spiro atoms. The van der Waals surface area contributed by atoms with Crippen molar-refractivity contribution in [1.29, 1.82) is 0 Å². The smallest absolute Gasteiger partial charge is 0.423 e. The zero-order valence-electron chi connectivity index (χ0n) is 70.8. The summed E-state index contributed by atoms with van der Waals surface area (Å²) in [7, 11) is -1.41. The van der Waals surface area contributed by atoms with E-state index in [4.69, 9.17) is 0 Å². The van der Waals surface area contributed by atoms with Crippen LogP contribution in [-0.2, 0) is 32.5 Å². The molecule has 0 radical (unpaired) electrons. The molecule has 26 rings (SSSR count). The average Bonchev–Trinajstić information content (AvgIpc) is 1.47. The Morgan fingerprint density at radius 2 is 0.440 bits per heavy atom. The van der Waals surface area contributed by atoms with Gasteiger partial charge in [0.05, 0.1) is 0 Å². The Bertz CT molecular complexity index is 7510. The van der Waals surface area contributed by atoms with Crippen molar-refractivity contribution in [1.82, 2.24) is 0 Å². The lowest BCUT2D eigenvalue weighted by atomic mass is 9.71. The fourth-order valence-corrected chi connectivity index (χ4v) is 29.8. The van der Waals surface area contributed by atoms with Gasteiger partial charge in [0.2, 0.25) is 0 Å². The summed E-state index contributed by atoms with van der Waals surface area (Å²) in [6.45, 7) is 29.6. The number of hydrogen-bond acceptors (Lipinski definition) is 6. The van der Waals surface area contributed by atoms with Crippen LogP contribution in [0.3, 0.4) is 0 Å². The quantitative estimate of drug-likeness (QED) is 0.172. The summed E-state index contributed by atoms with van der Waals surface area (Å²) < 4.78 is 13.6. The molecule has 4 heterocycles. The Morgan fingerprint density at radius 1 is 0.224 bits per heavy atom. The van der Waals surface area contributed by atoms with Crippen LogP contribution < -0.4 is 5.46 Å². The van der Waals surface area contributed by atoms with Crippen molar-refractivity contribution in [2.75, 3.05) is 0 Å². The molecule has 6 aliphatic carbocycles. The predicted octanol–water partition coefficient (Wildman–Crippen LogP) is 34.0. The van der Waals surface area contributed by atoms with E-state index in [0.717, 1.165) is 23.5 Å². The first-order chi connectivity index (χ1) is 59.6. The summed E-state index contributed by atoms with van der Waals surface area (Å²) in [5.74, 6) is 0. The van der Waals surface area contributed by atoms with Gasteiger partial charge in [-0.25, -0.2) is 0 Å². The second-order valence-corrected chi connectivity index (χ2v) is 45.1. The molecule has 0 saturated heterocycles. The van der Waals surface area contributed by atoms with E-state index in [0.29, 0.717) is 5.46 Å². The summed E-state index contributed by atoms with van der Waals surface area (Å²) in [5.41, 5.74) is 41.8. The Morgan fingerprint density at radius 3 is 0.704 bits per heavy atom. The molecule has 0 atom stereocenters. The Hall–Kier alpha value is -10.2. The van der Waals surface area contributed by atoms with Crippen molar-refractivity contribution >= 4 is 186 Å². The Kier molecular flexibility index (Phi) is 17.6. The molecule has 2 N–H and O–H groups in total. The van der Waals surface area contributed by atoms with Gasteiger partial charge in [-0.1, -0.05) is 338 Å². The normalized spacial score (nSPS) is 15.6. The second-order valence-electron chi connectivity index (χ2n) is 38.1. The first kappa shape index (κ1) is 79.5. The molecule has 0 unspecified atom stereocenters. The number of thiophene rings is 4. The SMILES string of the molecule is C.CC1(C)c2ccc(-c3cccc4c3sc3ccccc34)cc2-c2c1c1c(c3c2C(C)(C)c2ccc(-c4cccc5c4sc4ccccc45)cc2-3)C(C)(C)c2ccc(-c3cccc4c3sc3ccccc34)cc2-1.CC1(C)c2ccc(Br)cc2-c2c1c1c(c3c2C(C)(C)c2ccc(Br)cc2-3)C(C)(C)c2ccc(Br)cc2-1.OB(O)c1cccc2c1sc1ccccc12. The molecule has 2 nitrogen and oxygen atoms in total. The van der Waals surface area contributed by atoms with Crippen molar-refractivity contribution < 1.29 is 10.0 Å². The molecule has 10 heteroatoms. The third-order valence-corrected chi connectivity index (χ3v) is 35.6. The van der Waals surface area contributed by atoms with Crippen LogP contribution in [0.5, 0.6) is 0 Å². The topological polar surface area (TPSA) is 40.5 Å². The maximum Gasteiger partial charge on any atom is 0.489 e. The van der Waals surface area contributed by atoms with Gasteiger partial charge in [-0.05, 0) is 257 Å². The molecule has 0 aliphatic heterocycles. The van der Waals surface area contributed by atoms with Gasteiger partial charge in [-0.15, -0.1) is 45.3 Å².